The first-order chi connectivity index (χ1) is 12.1. The summed E-state index contributed by atoms with van der Waals surface area (Å²) in [7, 11) is 0. The number of pyridine rings is 1. The summed E-state index contributed by atoms with van der Waals surface area (Å²) in [6.45, 7) is 4.47. The predicted octanol–water partition coefficient (Wildman–Crippen LogP) is 3.72. The number of halogens is 2. The van der Waals surface area contributed by atoms with Crippen molar-refractivity contribution in [2.45, 2.75) is 13.0 Å². The first-order valence-corrected chi connectivity index (χ1v) is 8.90. The predicted molar refractivity (Wildman–Crippen MR) is 99.6 cm³/mol. The summed E-state index contributed by atoms with van der Waals surface area (Å²) in [4.78, 5) is 18.4. The maximum absolute atomic E-state index is 11.8. The summed E-state index contributed by atoms with van der Waals surface area (Å²) >= 11 is 12.1. The third-order valence-electron chi connectivity index (χ3n) is 4.05. The van der Waals surface area contributed by atoms with Crippen molar-refractivity contribution in [3.8, 4) is 0 Å². The SMILES string of the molecule is CCNC(=O)c1ccc(N2CCOC(c3ccc(Cl)c(Cl)c3)C2)nc1. The van der Waals surface area contributed by atoms with Gasteiger partial charge in [0, 0.05) is 25.8 Å². The lowest BCUT2D eigenvalue weighted by molar-refractivity contribution is 0.0395. The van der Waals surface area contributed by atoms with E-state index in [4.69, 9.17) is 27.9 Å². The van der Waals surface area contributed by atoms with Crippen LogP contribution in [0.25, 0.3) is 0 Å². The van der Waals surface area contributed by atoms with Gasteiger partial charge < -0.3 is 15.0 Å². The van der Waals surface area contributed by atoms with Crippen molar-refractivity contribution in [1.82, 2.24) is 10.3 Å². The van der Waals surface area contributed by atoms with Crippen LogP contribution in [0.3, 0.4) is 0 Å². The zero-order chi connectivity index (χ0) is 17.8. The van der Waals surface area contributed by atoms with E-state index in [0.29, 0.717) is 35.3 Å². The van der Waals surface area contributed by atoms with Gasteiger partial charge in [-0.05, 0) is 36.8 Å². The standard InChI is InChI=1S/C18H19Cl2N3O2/c1-2-21-18(24)13-4-6-17(22-10-13)23-7-8-25-16(11-23)12-3-5-14(19)15(20)9-12/h3-6,9-10,16H,2,7-8,11H2,1H3,(H,21,24). The number of carbonyl (C=O) groups excluding carboxylic acids is 1. The van der Waals surface area contributed by atoms with Crippen LogP contribution in [-0.4, -0.2) is 37.1 Å². The fourth-order valence-electron chi connectivity index (χ4n) is 2.74. The van der Waals surface area contributed by atoms with Crippen LogP contribution in [0.5, 0.6) is 0 Å². The molecule has 5 nitrogen and oxygen atoms in total. The quantitative estimate of drug-likeness (QED) is 0.879. The number of carbonyl (C=O) groups is 1. The van der Waals surface area contributed by atoms with E-state index in [1.807, 2.05) is 25.1 Å². The molecule has 1 aromatic carbocycles. The van der Waals surface area contributed by atoms with Crippen molar-refractivity contribution in [3.63, 3.8) is 0 Å². The molecule has 0 bridgehead atoms. The molecule has 3 rings (SSSR count). The zero-order valence-corrected chi connectivity index (χ0v) is 15.3. The van der Waals surface area contributed by atoms with Crippen LogP contribution in [0.15, 0.2) is 36.5 Å². The molecule has 1 atom stereocenters. The second-order valence-corrected chi connectivity index (χ2v) is 6.56. The Morgan fingerprint density at radius 1 is 1.32 bits per heavy atom. The molecule has 1 amide bonds. The molecule has 7 heteroatoms. The third kappa shape index (κ3) is 4.24. The molecule has 25 heavy (non-hydrogen) atoms. The molecule has 0 spiro atoms. The van der Waals surface area contributed by atoms with Crippen molar-refractivity contribution in [2.24, 2.45) is 0 Å². The average Bonchev–Trinajstić information content (AvgIpc) is 2.64. The van der Waals surface area contributed by atoms with Crippen LogP contribution < -0.4 is 10.2 Å². The van der Waals surface area contributed by atoms with Crippen LogP contribution in [0.4, 0.5) is 5.82 Å². The average molecular weight is 380 g/mol. The summed E-state index contributed by atoms with van der Waals surface area (Å²) in [5.41, 5.74) is 1.54. The molecule has 1 N–H and O–H groups in total. The van der Waals surface area contributed by atoms with E-state index in [0.717, 1.165) is 17.9 Å². The summed E-state index contributed by atoms with van der Waals surface area (Å²) in [6, 6.07) is 9.19. The smallest absolute Gasteiger partial charge is 0.252 e. The van der Waals surface area contributed by atoms with Crippen molar-refractivity contribution in [1.29, 1.82) is 0 Å². The van der Waals surface area contributed by atoms with E-state index in [1.165, 1.54) is 0 Å². The number of benzene rings is 1. The van der Waals surface area contributed by atoms with Crippen molar-refractivity contribution in [3.05, 3.63) is 57.7 Å². The van der Waals surface area contributed by atoms with Gasteiger partial charge in [0.1, 0.15) is 11.9 Å². The number of nitrogens with zero attached hydrogens (tertiary/aromatic N) is 2. The van der Waals surface area contributed by atoms with Gasteiger partial charge in [-0.2, -0.15) is 0 Å². The monoisotopic (exact) mass is 379 g/mol. The highest BCUT2D eigenvalue weighted by Crippen LogP contribution is 2.30. The van der Waals surface area contributed by atoms with Gasteiger partial charge in [0.2, 0.25) is 0 Å². The van der Waals surface area contributed by atoms with Gasteiger partial charge >= 0.3 is 0 Å². The minimum absolute atomic E-state index is 0.103. The van der Waals surface area contributed by atoms with Crippen LogP contribution in [0.1, 0.15) is 28.9 Å². The molecule has 0 aliphatic carbocycles. The number of morpholine rings is 1. The fourth-order valence-corrected chi connectivity index (χ4v) is 3.05. The molecule has 2 aromatic rings. The molecule has 132 valence electrons. The third-order valence-corrected chi connectivity index (χ3v) is 4.79. The molecule has 1 saturated heterocycles. The number of hydrogen-bond donors (Lipinski definition) is 1. The highest BCUT2D eigenvalue weighted by Gasteiger charge is 2.23. The molecule has 1 aliphatic heterocycles. The normalized spacial score (nSPS) is 17.4. The van der Waals surface area contributed by atoms with Crippen LogP contribution in [-0.2, 0) is 4.74 Å². The molecule has 2 heterocycles. The summed E-state index contributed by atoms with van der Waals surface area (Å²) in [5.74, 6) is 0.707. The van der Waals surface area contributed by atoms with E-state index in [-0.39, 0.29) is 12.0 Å². The lowest BCUT2D eigenvalue weighted by Crippen LogP contribution is -2.38. The Morgan fingerprint density at radius 3 is 2.84 bits per heavy atom. The van der Waals surface area contributed by atoms with E-state index in [2.05, 4.69) is 15.2 Å². The Bertz CT molecular complexity index is 752. The van der Waals surface area contributed by atoms with E-state index < -0.39 is 0 Å². The Balaban J connectivity index is 1.72. The number of rotatable bonds is 4. The van der Waals surface area contributed by atoms with E-state index >= 15 is 0 Å². The lowest BCUT2D eigenvalue weighted by Gasteiger charge is -2.34. The largest absolute Gasteiger partial charge is 0.370 e. The Hall–Kier alpha value is -1.82. The van der Waals surface area contributed by atoms with E-state index in [1.54, 1.807) is 18.3 Å². The van der Waals surface area contributed by atoms with Gasteiger partial charge in [0.15, 0.2) is 0 Å². The molecule has 0 saturated carbocycles. The second-order valence-electron chi connectivity index (χ2n) is 5.74. The van der Waals surface area contributed by atoms with Crippen LogP contribution in [0, 0.1) is 0 Å². The topological polar surface area (TPSA) is 54.5 Å². The van der Waals surface area contributed by atoms with Crippen molar-refractivity contribution < 1.29 is 9.53 Å². The van der Waals surface area contributed by atoms with Gasteiger partial charge in [0.05, 0.1) is 22.2 Å². The summed E-state index contributed by atoms with van der Waals surface area (Å²) in [5, 5.41) is 3.81. The summed E-state index contributed by atoms with van der Waals surface area (Å²) < 4.78 is 5.87. The van der Waals surface area contributed by atoms with Gasteiger partial charge in [0.25, 0.3) is 5.91 Å². The number of nitrogens with one attached hydrogen (secondary N) is 1. The Kier molecular flexibility index (Phi) is 5.78. The van der Waals surface area contributed by atoms with Gasteiger partial charge in [-0.3, -0.25) is 4.79 Å². The van der Waals surface area contributed by atoms with Gasteiger partial charge in [-0.15, -0.1) is 0 Å². The number of aromatic nitrogens is 1. The highest BCUT2D eigenvalue weighted by molar-refractivity contribution is 6.42. The number of ether oxygens (including phenoxy) is 1. The minimum Gasteiger partial charge on any atom is -0.370 e. The Labute approximate surface area is 156 Å². The van der Waals surface area contributed by atoms with Crippen molar-refractivity contribution >= 4 is 34.9 Å². The van der Waals surface area contributed by atoms with Crippen molar-refractivity contribution in [2.75, 3.05) is 31.1 Å². The highest BCUT2D eigenvalue weighted by atomic mass is 35.5. The molecular formula is C18H19Cl2N3O2. The zero-order valence-electron chi connectivity index (χ0n) is 13.8. The minimum atomic E-state index is -0.114. The van der Waals surface area contributed by atoms with Gasteiger partial charge in [-0.25, -0.2) is 4.98 Å². The lowest BCUT2D eigenvalue weighted by atomic mass is 10.1. The van der Waals surface area contributed by atoms with Gasteiger partial charge in [-0.1, -0.05) is 29.3 Å². The maximum Gasteiger partial charge on any atom is 0.252 e. The molecule has 1 aliphatic rings. The number of amides is 1. The maximum atomic E-state index is 11.8. The summed E-state index contributed by atoms with van der Waals surface area (Å²) in [6.07, 6.45) is 1.50. The van der Waals surface area contributed by atoms with E-state index in [9.17, 15) is 4.79 Å². The van der Waals surface area contributed by atoms with Crippen LogP contribution in [0.2, 0.25) is 10.0 Å². The second kappa shape index (κ2) is 8.04. The first kappa shape index (κ1) is 18.0. The molecule has 0 radical (unpaired) electrons. The molecule has 1 unspecified atom stereocenters. The molecule has 1 fully saturated rings. The number of hydrogen-bond acceptors (Lipinski definition) is 4. The van der Waals surface area contributed by atoms with Crippen LogP contribution >= 0.6 is 23.2 Å². The first-order valence-electron chi connectivity index (χ1n) is 8.14. The molecule has 1 aromatic heterocycles. The fraction of sp³-hybridized carbons (Fsp3) is 0.333. The number of anilines is 1. The Morgan fingerprint density at radius 2 is 2.16 bits per heavy atom. The molecular weight excluding hydrogens is 361 g/mol.